The van der Waals surface area contributed by atoms with Crippen LogP contribution in [-0.2, 0) is 11.2 Å². The first-order valence-corrected chi connectivity index (χ1v) is 9.92. The molecule has 2 aromatic carbocycles. The highest BCUT2D eigenvalue weighted by atomic mass is 19.1. The Bertz CT molecular complexity index is 841. The maximum Gasteiger partial charge on any atom is 0.303 e. The van der Waals surface area contributed by atoms with Crippen molar-refractivity contribution in [3.8, 4) is 11.5 Å². The third-order valence-corrected chi connectivity index (χ3v) is 4.79. The molecular weight excluding hydrogens is 389 g/mol. The summed E-state index contributed by atoms with van der Waals surface area (Å²) >= 11 is 0. The van der Waals surface area contributed by atoms with Crippen LogP contribution in [0, 0.1) is 5.82 Å². The first-order valence-electron chi connectivity index (χ1n) is 9.92. The number of methoxy groups -OCH3 is 2. The summed E-state index contributed by atoms with van der Waals surface area (Å²) in [5.41, 5.74) is 1.04. The number of carboxylic acids is 1. The van der Waals surface area contributed by atoms with Gasteiger partial charge in [-0.3, -0.25) is 9.59 Å². The van der Waals surface area contributed by atoms with Crippen molar-refractivity contribution in [3.05, 3.63) is 59.4 Å². The van der Waals surface area contributed by atoms with E-state index in [0.717, 1.165) is 12.0 Å². The number of carbonyl (C=O) groups is 2. The van der Waals surface area contributed by atoms with Gasteiger partial charge in [0.2, 0.25) is 0 Å². The van der Waals surface area contributed by atoms with Crippen molar-refractivity contribution >= 4 is 11.9 Å². The molecule has 0 aromatic heterocycles. The number of ether oxygens (including phenoxy) is 2. The zero-order valence-electron chi connectivity index (χ0n) is 17.4. The second-order valence-corrected chi connectivity index (χ2v) is 6.92. The number of halogens is 1. The molecule has 0 bridgehead atoms. The van der Waals surface area contributed by atoms with Crippen molar-refractivity contribution in [1.82, 2.24) is 4.90 Å². The SMILES string of the molecule is COc1cc(OC)c(F)c(C(=O)N(CCCCC(=O)O)CCCc2ccccc2)c1. The molecule has 2 rings (SSSR count). The van der Waals surface area contributed by atoms with E-state index in [0.29, 0.717) is 38.1 Å². The van der Waals surface area contributed by atoms with Crippen LogP contribution in [-0.4, -0.2) is 49.2 Å². The van der Waals surface area contributed by atoms with Crippen LogP contribution in [0.2, 0.25) is 0 Å². The minimum atomic E-state index is -0.875. The number of nitrogens with zero attached hydrogens (tertiary/aromatic N) is 1. The molecule has 0 atom stereocenters. The molecule has 1 amide bonds. The number of carbonyl (C=O) groups excluding carboxylic acids is 1. The molecule has 0 fully saturated rings. The molecule has 6 nitrogen and oxygen atoms in total. The van der Waals surface area contributed by atoms with Crippen molar-refractivity contribution in [3.63, 3.8) is 0 Å². The molecular formula is C23H28FNO5. The highest BCUT2D eigenvalue weighted by Crippen LogP contribution is 2.28. The van der Waals surface area contributed by atoms with Gasteiger partial charge in [-0.25, -0.2) is 4.39 Å². The van der Waals surface area contributed by atoms with Crippen LogP contribution in [0.15, 0.2) is 42.5 Å². The van der Waals surface area contributed by atoms with E-state index in [4.69, 9.17) is 14.6 Å². The first kappa shape index (κ1) is 23.2. The van der Waals surface area contributed by atoms with Crippen LogP contribution in [0.1, 0.15) is 41.6 Å². The van der Waals surface area contributed by atoms with Gasteiger partial charge in [0.15, 0.2) is 11.6 Å². The topological polar surface area (TPSA) is 76.1 Å². The van der Waals surface area contributed by atoms with E-state index in [2.05, 4.69) is 0 Å². The lowest BCUT2D eigenvalue weighted by Crippen LogP contribution is -2.34. The fourth-order valence-electron chi connectivity index (χ4n) is 3.18. The Morgan fingerprint density at radius 1 is 1.00 bits per heavy atom. The summed E-state index contributed by atoms with van der Waals surface area (Å²) < 4.78 is 25.0. The number of amides is 1. The third kappa shape index (κ3) is 6.76. The van der Waals surface area contributed by atoms with Crippen molar-refractivity contribution in [1.29, 1.82) is 0 Å². The molecule has 0 saturated heterocycles. The Balaban J connectivity index is 2.15. The van der Waals surface area contributed by atoms with Crippen molar-refractivity contribution < 1.29 is 28.6 Å². The molecule has 0 heterocycles. The predicted molar refractivity (Wildman–Crippen MR) is 112 cm³/mol. The zero-order chi connectivity index (χ0) is 21.9. The van der Waals surface area contributed by atoms with Gasteiger partial charge in [0, 0.05) is 25.6 Å². The summed E-state index contributed by atoms with van der Waals surface area (Å²) in [5.74, 6) is -1.81. The zero-order valence-corrected chi connectivity index (χ0v) is 17.4. The van der Waals surface area contributed by atoms with Crippen molar-refractivity contribution in [2.75, 3.05) is 27.3 Å². The van der Waals surface area contributed by atoms with Gasteiger partial charge in [-0.05, 0) is 37.3 Å². The molecule has 0 spiro atoms. The Kier molecular flexibility index (Phi) is 9.12. The molecule has 0 radical (unpaired) electrons. The maximum atomic E-state index is 14.8. The lowest BCUT2D eigenvalue weighted by molar-refractivity contribution is -0.137. The minimum Gasteiger partial charge on any atom is -0.497 e. The van der Waals surface area contributed by atoms with Crippen LogP contribution >= 0.6 is 0 Å². The number of hydrogen-bond acceptors (Lipinski definition) is 4. The maximum absolute atomic E-state index is 14.8. The number of aliphatic carboxylic acids is 1. The van der Waals surface area contributed by atoms with Gasteiger partial charge in [0.05, 0.1) is 19.8 Å². The van der Waals surface area contributed by atoms with E-state index in [9.17, 15) is 14.0 Å². The smallest absolute Gasteiger partial charge is 0.303 e. The first-order chi connectivity index (χ1) is 14.5. The van der Waals surface area contributed by atoms with Crippen LogP contribution in [0.5, 0.6) is 11.5 Å². The molecule has 1 N–H and O–H groups in total. The molecule has 30 heavy (non-hydrogen) atoms. The quantitative estimate of drug-likeness (QED) is 0.525. The summed E-state index contributed by atoms with van der Waals surface area (Å²) in [5, 5.41) is 8.83. The summed E-state index contributed by atoms with van der Waals surface area (Å²) in [6, 6.07) is 12.7. The van der Waals surface area contributed by atoms with Crippen molar-refractivity contribution in [2.24, 2.45) is 0 Å². The van der Waals surface area contributed by atoms with E-state index >= 15 is 0 Å². The monoisotopic (exact) mass is 417 g/mol. The number of unbranched alkanes of at least 4 members (excludes halogenated alkanes) is 1. The summed E-state index contributed by atoms with van der Waals surface area (Å²) in [6.45, 7) is 0.777. The summed E-state index contributed by atoms with van der Waals surface area (Å²) in [6.07, 6.45) is 2.49. The Morgan fingerprint density at radius 2 is 1.70 bits per heavy atom. The second kappa shape index (κ2) is 11.8. The van der Waals surface area contributed by atoms with Crippen molar-refractivity contribution in [2.45, 2.75) is 32.1 Å². The molecule has 162 valence electrons. The molecule has 0 aliphatic carbocycles. The third-order valence-electron chi connectivity index (χ3n) is 4.79. The molecule has 0 aliphatic rings. The molecule has 0 saturated carbocycles. The average molecular weight is 417 g/mol. The highest BCUT2D eigenvalue weighted by Gasteiger charge is 2.23. The predicted octanol–water partition coefficient (Wildman–Crippen LogP) is 4.17. The number of benzene rings is 2. The van der Waals surface area contributed by atoms with Gasteiger partial charge in [-0.2, -0.15) is 0 Å². The Morgan fingerprint density at radius 3 is 2.33 bits per heavy atom. The fraction of sp³-hybridized carbons (Fsp3) is 0.391. The number of aryl methyl sites for hydroxylation is 1. The molecule has 7 heteroatoms. The van der Waals surface area contributed by atoms with E-state index in [-0.39, 0.29) is 17.7 Å². The van der Waals surface area contributed by atoms with Gasteiger partial charge >= 0.3 is 5.97 Å². The number of rotatable bonds is 12. The second-order valence-electron chi connectivity index (χ2n) is 6.92. The van der Waals surface area contributed by atoms with Crippen LogP contribution in [0.25, 0.3) is 0 Å². The van der Waals surface area contributed by atoms with Crippen LogP contribution < -0.4 is 9.47 Å². The molecule has 0 unspecified atom stereocenters. The van der Waals surface area contributed by atoms with Gasteiger partial charge in [-0.1, -0.05) is 30.3 Å². The van der Waals surface area contributed by atoms with Crippen LogP contribution in [0.4, 0.5) is 4.39 Å². The van der Waals surface area contributed by atoms with E-state index in [1.54, 1.807) is 4.90 Å². The largest absolute Gasteiger partial charge is 0.497 e. The van der Waals surface area contributed by atoms with Crippen LogP contribution in [0.3, 0.4) is 0 Å². The standard InChI is InChI=1S/C23H28FNO5/c1-29-18-15-19(22(24)20(16-18)30-2)23(28)25(13-7-6-12-21(26)27)14-8-11-17-9-4-3-5-10-17/h3-5,9-10,15-16H,6-8,11-14H2,1-2H3,(H,26,27). The Hall–Kier alpha value is -3.09. The summed E-state index contributed by atoms with van der Waals surface area (Å²) in [7, 11) is 2.76. The van der Waals surface area contributed by atoms with E-state index < -0.39 is 17.7 Å². The lowest BCUT2D eigenvalue weighted by Gasteiger charge is -2.24. The highest BCUT2D eigenvalue weighted by molar-refractivity contribution is 5.95. The van der Waals surface area contributed by atoms with Gasteiger partial charge in [0.1, 0.15) is 5.75 Å². The fourth-order valence-corrected chi connectivity index (χ4v) is 3.18. The summed E-state index contributed by atoms with van der Waals surface area (Å²) in [4.78, 5) is 25.5. The van der Waals surface area contributed by atoms with E-state index in [1.165, 1.54) is 26.4 Å². The van der Waals surface area contributed by atoms with Gasteiger partial charge in [-0.15, -0.1) is 0 Å². The lowest BCUT2D eigenvalue weighted by atomic mass is 10.1. The number of hydrogen-bond donors (Lipinski definition) is 1. The number of carboxylic acid groups (broad SMARTS) is 1. The minimum absolute atomic E-state index is 0.0351. The Labute approximate surface area is 176 Å². The average Bonchev–Trinajstić information content (AvgIpc) is 2.75. The van der Waals surface area contributed by atoms with Gasteiger partial charge in [0.25, 0.3) is 5.91 Å². The van der Waals surface area contributed by atoms with E-state index in [1.807, 2.05) is 30.3 Å². The van der Waals surface area contributed by atoms with Gasteiger partial charge < -0.3 is 19.5 Å². The molecule has 2 aromatic rings. The molecule has 0 aliphatic heterocycles. The normalized spacial score (nSPS) is 10.5.